The first kappa shape index (κ1) is 10.4. The summed E-state index contributed by atoms with van der Waals surface area (Å²) >= 11 is 3.31. The predicted octanol–water partition coefficient (Wildman–Crippen LogP) is 1.29. The van der Waals surface area contributed by atoms with E-state index < -0.39 is 0 Å². The minimum absolute atomic E-state index is 0.0927. The van der Waals surface area contributed by atoms with Crippen LogP contribution < -0.4 is 0 Å². The molecule has 0 spiro atoms. The first-order chi connectivity index (χ1) is 4.81. The topological polar surface area (TPSA) is 40.5 Å². The Labute approximate surface area is 70.4 Å². The first-order valence-corrected chi connectivity index (χ1v) is 4.78. The number of rotatable bonds is 6. The first-order valence-electron chi connectivity index (χ1n) is 3.66. The van der Waals surface area contributed by atoms with Crippen LogP contribution in [0.5, 0.6) is 0 Å². The van der Waals surface area contributed by atoms with E-state index in [1.807, 2.05) is 0 Å². The molecule has 1 unspecified atom stereocenters. The Hall–Kier alpha value is 0.400. The van der Waals surface area contributed by atoms with Gasteiger partial charge in [-0.1, -0.05) is 22.4 Å². The third-order valence-electron chi connectivity index (χ3n) is 1.38. The van der Waals surface area contributed by atoms with Crippen LogP contribution in [0.15, 0.2) is 0 Å². The summed E-state index contributed by atoms with van der Waals surface area (Å²) in [6.07, 6.45) is 3.16. The molecule has 0 aliphatic heterocycles. The van der Waals surface area contributed by atoms with Crippen molar-refractivity contribution in [2.45, 2.75) is 31.8 Å². The summed E-state index contributed by atoms with van der Waals surface area (Å²) in [5, 5.41) is 18.5. The molecule has 0 radical (unpaired) electrons. The number of hydrogen-bond acceptors (Lipinski definition) is 2. The van der Waals surface area contributed by atoms with Crippen molar-refractivity contribution in [3.8, 4) is 0 Å². The quantitative estimate of drug-likeness (QED) is 0.513. The Morgan fingerprint density at radius 3 is 2.40 bits per heavy atom. The highest BCUT2D eigenvalue weighted by Gasteiger charge is 2.00. The average Bonchev–Trinajstić information content (AvgIpc) is 1.89. The standard InChI is InChI=1S/C7H15BrO2/c8-5-2-1-3-7(10)4-6-9/h7,9-10H,1-6H2. The molecule has 0 aliphatic rings. The summed E-state index contributed by atoms with van der Waals surface area (Å²) in [6.45, 7) is 0.0927. The SMILES string of the molecule is OCCC(O)CCCCBr. The lowest BCUT2D eigenvalue weighted by Gasteiger charge is -2.06. The van der Waals surface area contributed by atoms with Crippen molar-refractivity contribution in [2.24, 2.45) is 0 Å². The van der Waals surface area contributed by atoms with E-state index in [1.54, 1.807) is 0 Å². The molecule has 0 bridgehead atoms. The second-order valence-electron chi connectivity index (χ2n) is 2.35. The van der Waals surface area contributed by atoms with Gasteiger partial charge in [0, 0.05) is 11.9 Å². The molecule has 0 aromatic rings. The lowest BCUT2D eigenvalue weighted by Crippen LogP contribution is -2.08. The van der Waals surface area contributed by atoms with Crippen molar-refractivity contribution in [3.05, 3.63) is 0 Å². The van der Waals surface area contributed by atoms with Crippen molar-refractivity contribution in [3.63, 3.8) is 0 Å². The third kappa shape index (κ3) is 6.52. The molecule has 0 aromatic heterocycles. The smallest absolute Gasteiger partial charge is 0.0562 e. The minimum Gasteiger partial charge on any atom is -0.396 e. The second-order valence-corrected chi connectivity index (χ2v) is 3.14. The fraction of sp³-hybridized carbons (Fsp3) is 1.00. The van der Waals surface area contributed by atoms with E-state index in [0.29, 0.717) is 6.42 Å². The molecule has 0 amide bonds. The van der Waals surface area contributed by atoms with Gasteiger partial charge < -0.3 is 10.2 Å². The van der Waals surface area contributed by atoms with Crippen LogP contribution in [-0.2, 0) is 0 Å². The van der Waals surface area contributed by atoms with Crippen molar-refractivity contribution >= 4 is 15.9 Å². The Kier molecular flexibility index (Phi) is 7.81. The number of aliphatic hydroxyl groups is 2. The summed E-state index contributed by atoms with van der Waals surface area (Å²) in [7, 11) is 0. The van der Waals surface area contributed by atoms with E-state index in [9.17, 15) is 0 Å². The van der Waals surface area contributed by atoms with Gasteiger partial charge in [0.05, 0.1) is 6.10 Å². The maximum Gasteiger partial charge on any atom is 0.0562 e. The molecule has 1 atom stereocenters. The van der Waals surface area contributed by atoms with E-state index in [2.05, 4.69) is 15.9 Å². The zero-order valence-corrected chi connectivity index (χ0v) is 7.68. The van der Waals surface area contributed by atoms with Gasteiger partial charge in [0.15, 0.2) is 0 Å². The van der Waals surface area contributed by atoms with Crippen LogP contribution in [0, 0.1) is 0 Å². The third-order valence-corrected chi connectivity index (χ3v) is 1.94. The second kappa shape index (κ2) is 7.51. The van der Waals surface area contributed by atoms with Gasteiger partial charge in [-0.3, -0.25) is 0 Å². The lowest BCUT2D eigenvalue weighted by molar-refractivity contribution is 0.123. The Bertz CT molecular complexity index is 68.6. The monoisotopic (exact) mass is 210 g/mol. The summed E-state index contributed by atoms with van der Waals surface area (Å²) in [5.74, 6) is 0. The number of aliphatic hydroxyl groups excluding tert-OH is 2. The van der Waals surface area contributed by atoms with Gasteiger partial charge in [-0.25, -0.2) is 0 Å². The van der Waals surface area contributed by atoms with Crippen LogP contribution in [0.3, 0.4) is 0 Å². The molecule has 0 rings (SSSR count). The van der Waals surface area contributed by atoms with Crippen LogP contribution in [0.4, 0.5) is 0 Å². The van der Waals surface area contributed by atoms with E-state index in [1.165, 1.54) is 0 Å². The van der Waals surface area contributed by atoms with Crippen molar-refractivity contribution in [1.82, 2.24) is 0 Å². The predicted molar refractivity (Wildman–Crippen MR) is 45.4 cm³/mol. The fourth-order valence-electron chi connectivity index (χ4n) is 0.768. The normalized spacial score (nSPS) is 13.5. The Balaban J connectivity index is 2.97. The van der Waals surface area contributed by atoms with Crippen LogP contribution in [-0.4, -0.2) is 28.3 Å². The largest absolute Gasteiger partial charge is 0.396 e. The summed E-state index contributed by atoms with van der Waals surface area (Å²) in [4.78, 5) is 0. The maximum atomic E-state index is 9.10. The van der Waals surface area contributed by atoms with Crippen LogP contribution in [0.25, 0.3) is 0 Å². The van der Waals surface area contributed by atoms with Crippen molar-refractivity contribution < 1.29 is 10.2 Å². The highest BCUT2D eigenvalue weighted by molar-refractivity contribution is 9.09. The molecular formula is C7H15BrO2. The van der Waals surface area contributed by atoms with Gasteiger partial charge in [-0.15, -0.1) is 0 Å². The van der Waals surface area contributed by atoms with Crippen molar-refractivity contribution in [2.75, 3.05) is 11.9 Å². The molecule has 10 heavy (non-hydrogen) atoms. The number of hydrogen-bond donors (Lipinski definition) is 2. The Morgan fingerprint density at radius 1 is 1.20 bits per heavy atom. The van der Waals surface area contributed by atoms with E-state index >= 15 is 0 Å². The van der Waals surface area contributed by atoms with Gasteiger partial charge in [-0.2, -0.15) is 0 Å². The summed E-state index contributed by atoms with van der Waals surface area (Å²) in [5.41, 5.74) is 0. The highest BCUT2D eigenvalue weighted by atomic mass is 79.9. The highest BCUT2D eigenvalue weighted by Crippen LogP contribution is 2.04. The van der Waals surface area contributed by atoms with Gasteiger partial charge in [0.1, 0.15) is 0 Å². The van der Waals surface area contributed by atoms with E-state index in [4.69, 9.17) is 10.2 Å². The number of alkyl halides is 1. The Morgan fingerprint density at radius 2 is 1.90 bits per heavy atom. The molecule has 0 saturated carbocycles. The molecule has 2 nitrogen and oxygen atoms in total. The van der Waals surface area contributed by atoms with Crippen LogP contribution in [0.2, 0.25) is 0 Å². The lowest BCUT2D eigenvalue weighted by atomic mass is 10.1. The maximum absolute atomic E-state index is 9.10. The molecule has 0 aliphatic carbocycles. The van der Waals surface area contributed by atoms with Crippen LogP contribution >= 0.6 is 15.9 Å². The molecular weight excluding hydrogens is 196 g/mol. The van der Waals surface area contributed by atoms with Crippen molar-refractivity contribution in [1.29, 1.82) is 0 Å². The minimum atomic E-state index is -0.302. The van der Waals surface area contributed by atoms with Gasteiger partial charge >= 0.3 is 0 Å². The summed E-state index contributed by atoms with van der Waals surface area (Å²) in [6, 6.07) is 0. The fourth-order valence-corrected chi connectivity index (χ4v) is 1.16. The summed E-state index contributed by atoms with van der Waals surface area (Å²) < 4.78 is 0. The van der Waals surface area contributed by atoms with Gasteiger partial charge in [0.25, 0.3) is 0 Å². The molecule has 0 fully saturated rings. The van der Waals surface area contributed by atoms with E-state index in [0.717, 1.165) is 24.6 Å². The molecule has 0 aromatic carbocycles. The van der Waals surface area contributed by atoms with Crippen LogP contribution in [0.1, 0.15) is 25.7 Å². The van der Waals surface area contributed by atoms with Gasteiger partial charge in [0.2, 0.25) is 0 Å². The molecule has 0 saturated heterocycles. The van der Waals surface area contributed by atoms with E-state index in [-0.39, 0.29) is 12.7 Å². The average molecular weight is 211 g/mol. The zero-order valence-electron chi connectivity index (χ0n) is 6.09. The molecule has 0 heterocycles. The van der Waals surface area contributed by atoms with Gasteiger partial charge in [-0.05, 0) is 19.3 Å². The number of unbranched alkanes of at least 4 members (excludes halogenated alkanes) is 1. The molecule has 2 N–H and O–H groups in total. The number of halogens is 1. The molecule has 3 heteroatoms. The zero-order chi connectivity index (χ0) is 7.82. The molecule has 62 valence electrons.